The Morgan fingerprint density at radius 3 is 2.95 bits per heavy atom. The zero-order chi connectivity index (χ0) is 14.3. The number of ketones is 1. The zero-order valence-corrected chi connectivity index (χ0v) is 11.9. The van der Waals surface area contributed by atoms with Gasteiger partial charge in [-0.2, -0.15) is 0 Å². The van der Waals surface area contributed by atoms with Gasteiger partial charge in [-0.3, -0.25) is 9.20 Å². The minimum Gasteiger partial charge on any atom is -0.375 e. The molecule has 7 heteroatoms. The van der Waals surface area contributed by atoms with E-state index in [9.17, 15) is 4.79 Å². The summed E-state index contributed by atoms with van der Waals surface area (Å²) >= 11 is 1.19. The molecule has 0 aliphatic heterocycles. The molecule has 0 fully saturated rings. The number of hydrogen-bond donors (Lipinski definition) is 1. The topological polar surface area (TPSA) is 76.5 Å². The van der Waals surface area contributed by atoms with Gasteiger partial charge in [0, 0.05) is 20.3 Å². The van der Waals surface area contributed by atoms with Gasteiger partial charge in [-0.25, -0.2) is 9.97 Å². The Balaban J connectivity index is 2.13. The highest BCUT2D eigenvalue weighted by Crippen LogP contribution is 2.29. The number of rotatable bonds is 3. The predicted octanol–water partition coefficient (Wildman–Crippen LogP) is 1.67. The Hall–Kier alpha value is -2.41. The van der Waals surface area contributed by atoms with E-state index in [1.165, 1.54) is 11.3 Å². The highest BCUT2D eigenvalue weighted by Gasteiger charge is 2.22. The molecule has 102 valence electrons. The first-order valence-electron chi connectivity index (χ1n) is 5.98. The van der Waals surface area contributed by atoms with Crippen molar-refractivity contribution in [2.75, 3.05) is 24.7 Å². The van der Waals surface area contributed by atoms with E-state index in [0.29, 0.717) is 21.5 Å². The van der Waals surface area contributed by atoms with Crippen molar-refractivity contribution in [3.05, 3.63) is 41.2 Å². The number of nitrogen functional groups attached to an aromatic ring is 1. The van der Waals surface area contributed by atoms with Crippen LogP contribution in [-0.2, 0) is 0 Å². The molecule has 0 amide bonds. The lowest BCUT2D eigenvalue weighted by molar-refractivity contribution is 0.103. The van der Waals surface area contributed by atoms with Crippen molar-refractivity contribution in [2.45, 2.75) is 0 Å². The molecule has 2 N–H and O–H groups in total. The molecule has 0 atom stereocenters. The summed E-state index contributed by atoms with van der Waals surface area (Å²) in [4.78, 5) is 23.4. The van der Waals surface area contributed by atoms with Crippen LogP contribution in [0.5, 0.6) is 0 Å². The van der Waals surface area contributed by atoms with E-state index in [1.54, 1.807) is 15.5 Å². The Kier molecular flexibility index (Phi) is 2.90. The van der Waals surface area contributed by atoms with Crippen LogP contribution >= 0.6 is 11.3 Å². The number of nitrogens with two attached hydrogens (primary N) is 1. The largest absolute Gasteiger partial charge is 0.375 e. The maximum Gasteiger partial charge on any atom is 0.225 e. The van der Waals surface area contributed by atoms with Crippen LogP contribution in [0.3, 0.4) is 0 Å². The van der Waals surface area contributed by atoms with Crippen LogP contribution in [0.25, 0.3) is 5.65 Å². The third kappa shape index (κ3) is 1.92. The lowest BCUT2D eigenvalue weighted by Gasteiger charge is -2.10. The van der Waals surface area contributed by atoms with Crippen molar-refractivity contribution in [2.24, 2.45) is 0 Å². The molecule has 0 saturated carbocycles. The summed E-state index contributed by atoms with van der Waals surface area (Å²) in [5.41, 5.74) is 6.97. The lowest BCUT2D eigenvalue weighted by atomic mass is 10.2. The van der Waals surface area contributed by atoms with Gasteiger partial charge in [0.1, 0.15) is 16.2 Å². The van der Waals surface area contributed by atoms with E-state index in [0.717, 1.165) is 5.65 Å². The molecule has 0 unspecified atom stereocenters. The van der Waals surface area contributed by atoms with Crippen LogP contribution in [0, 0.1) is 0 Å². The minimum absolute atomic E-state index is 0.124. The molecule has 0 radical (unpaired) electrons. The molecule has 0 aromatic carbocycles. The number of anilines is 2. The van der Waals surface area contributed by atoms with E-state index < -0.39 is 0 Å². The predicted molar refractivity (Wildman–Crippen MR) is 79.5 cm³/mol. The second-order valence-electron chi connectivity index (χ2n) is 4.50. The van der Waals surface area contributed by atoms with Crippen LogP contribution in [0.4, 0.5) is 10.9 Å². The number of thiazole rings is 1. The van der Waals surface area contributed by atoms with Gasteiger partial charge >= 0.3 is 0 Å². The third-order valence-electron chi connectivity index (χ3n) is 2.91. The van der Waals surface area contributed by atoms with Crippen LogP contribution in [-0.4, -0.2) is 34.2 Å². The zero-order valence-electron chi connectivity index (χ0n) is 11.1. The van der Waals surface area contributed by atoms with Gasteiger partial charge in [0.15, 0.2) is 10.9 Å². The van der Waals surface area contributed by atoms with Gasteiger partial charge in [-0.05, 0) is 12.1 Å². The van der Waals surface area contributed by atoms with Gasteiger partial charge in [0.05, 0.1) is 6.20 Å². The average Bonchev–Trinajstić information content (AvgIpc) is 3.01. The normalized spacial score (nSPS) is 10.9. The Morgan fingerprint density at radius 1 is 1.40 bits per heavy atom. The van der Waals surface area contributed by atoms with Gasteiger partial charge in [0.2, 0.25) is 5.78 Å². The van der Waals surface area contributed by atoms with E-state index in [2.05, 4.69) is 9.97 Å². The van der Waals surface area contributed by atoms with Crippen molar-refractivity contribution >= 4 is 33.7 Å². The summed E-state index contributed by atoms with van der Waals surface area (Å²) < 4.78 is 1.76. The molecule has 0 bridgehead atoms. The summed E-state index contributed by atoms with van der Waals surface area (Å²) in [7, 11) is 3.67. The molecule has 0 aliphatic rings. The van der Waals surface area contributed by atoms with Gasteiger partial charge in [-0.1, -0.05) is 17.4 Å². The maximum absolute atomic E-state index is 12.7. The van der Waals surface area contributed by atoms with E-state index in [-0.39, 0.29) is 5.78 Å². The van der Waals surface area contributed by atoms with Crippen LogP contribution in [0.2, 0.25) is 0 Å². The number of carbonyl (C=O) groups is 1. The van der Waals surface area contributed by atoms with Crippen molar-refractivity contribution in [3.63, 3.8) is 0 Å². The highest BCUT2D eigenvalue weighted by atomic mass is 32.1. The number of carbonyl (C=O) groups excluding carboxylic acids is 1. The number of pyridine rings is 1. The van der Waals surface area contributed by atoms with Crippen LogP contribution in [0.15, 0.2) is 30.6 Å². The first-order chi connectivity index (χ1) is 9.58. The fourth-order valence-electron chi connectivity index (χ4n) is 2.00. The quantitative estimate of drug-likeness (QED) is 0.741. The summed E-state index contributed by atoms with van der Waals surface area (Å²) in [6, 6.07) is 5.59. The lowest BCUT2D eigenvalue weighted by Crippen LogP contribution is -2.14. The molecular formula is C13H13N5OS. The SMILES string of the molecule is CN(C)c1nc(N)sc1C(=O)c1cnc2ccccn12. The molecule has 20 heavy (non-hydrogen) atoms. The highest BCUT2D eigenvalue weighted by molar-refractivity contribution is 7.18. The Labute approximate surface area is 119 Å². The third-order valence-corrected chi connectivity index (χ3v) is 3.78. The van der Waals surface area contributed by atoms with Crippen LogP contribution in [0.1, 0.15) is 15.4 Å². The molecule has 0 saturated heterocycles. The molecule has 6 nitrogen and oxygen atoms in total. The molecular weight excluding hydrogens is 274 g/mol. The first-order valence-corrected chi connectivity index (χ1v) is 6.80. The van der Waals surface area contributed by atoms with Crippen molar-refractivity contribution in [3.8, 4) is 0 Å². The molecule has 3 heterocycles. The van der Waals surface area contributed by atoms with E-state index in [1.807, 2.05) is 38.5 Å². The second-order valence-corrected chi connectivity index (χ2v) is 5.53. The van der Waals surface area contributed by atoms with E-state index in [4.69, 9.17) is 5.73 Å². The fourth-order valence-corrected chi connectivity index (χ4v) is 2.85. The summed E-state index contributed by atoms with van der Waals surface area (Å²) in [6.07, 6.45) is 3.39. The van der Waals surface area contributed by atoms with Gasteiger partial charge < -0.3 is 10.6 Å². The Morgan fingerprint density at radius 2 is 2.20 bits per heavy atom. The van der Waals surface area contributed by atoms with Crippen LogP contribution < -0.4 is 10.6 Å². The smallest absolute Gasteiger partial charge is 0.225 e. The molecule has 3 aromatic heterocycles. The summed E-state index contributed by atoms with van der Waals surface area (Å²) in [6.45, 7) is 0. The fraction of sp³-hybridized carbons (Fsp3) is 0.154. The number of fused-ring (bicyclic) bond motifs is 1. The standard InChI is InChI=1S/C13H13N5OS/c1-17(2)12-11(20-13(14)16-12)10(19)8-7-15-9-5-3-4-6-18(8)9/h3-7H,1-2H3,(H2,14,16). The number of nitrogens with zero attached hydrogens (tertiary/aromatic N) is 4. The summed E-state index contributed by atoms with van der Waals surface area (Å²) in [5, 5.41) is 0.380. The number of aromatic nitrogens is 3. The van der Waals surface area contributed by atoms with Crippen molar-refractivity contribution in [1.82, 2.24) is 14.4 Å². The molecule has 3 aromatic rings. The van der Waals surface area contributed by atoms with Gasteiger partial charge in [-0.15, -0.1) is 0 Å². The summed E-state index contributed by atoms with van der Waals surface area (Å²) in [5.74, 6) is 0.463. The molecule has 3 rings (SSSR count). The Bertz CT molecular complexity index is 789. The van der Waals surface area contributed by atoms with Crippen molar-refractivity contribution < 1.29 is 4.79 Å². The number of imidazole rings is 1. The molecule has 0 aliphatic carbocycles. The van der Waals surface area contributed by atoms with Crippen molar-refractivity contribution in [1.29, 1.82) is 0 Å². The first kappa shape index (κ1) is 12.6. The maximum atomic E-state index is 12.7. The number of hydrogen-bond acceptors (Lipinski definition) is 6. The van der Waals surface area contributed by atoms with Gasteiger partial charge in [0.25, 0.3) is 0 Å². The average molecular weight is 287 g/mol. The van der Waals surface area contributed by atoms with E-state index >= 15 is 0 Å². The second kappa shape index (κ2) is 4.61. The monoisotopic (exact) mass is 287 g/mol. The molecule has 0 spiro atoms. The minimum atomic E-state index is -0.124.